The molecule has 3 N–H and O–H groups in total. The number of anilines is 2. The maximum absolute atomic E-state index is 12.7. The molecule has 0 aromatic heterocycles. The summed E-state index contributed by atoms with van der Waals surface area (Å²) in [5.41, 5.74) is 1.69. The highest BCUT2D eigenvalue weighted by atomic mass is 16.4. The van der Waals surface area contributed by atoms with Crippen LogP contribution in [0.2, 0.25) is 0 Å². The van der Waals surface area contributed by atoms with Gasteiger partial charge in [-0.05, 0) is 30.2 Å². The molecular weight excluding hydrogens is 336 g/mol. The average molecular weight is 354 g/mol. The number of amides is 2. The van der Waals surface area contributed by atoms with Crippen LogP contribution in [0.4, 0.5) is 11.4 Å². The van der Waals surface area contributed by atoms with Crippen LogP contribution < -0.4 is 10.2 Å². The number of carboxylic acids is 1. The Morgan fingerprint density at radius 3 is 2.62 bits per heavy atom. The zero-order valence-corrected chi connectivity index (χ0v) is 14.1. The van der Waals surface area contributed by atoms with Crippen molar-refractivity contribution in [3.05, 3.63) is 53.6 Å². The van der Waals surface area contributed by atoms with E-state index >= 15 is 0 Å². The number of rotatable bonds is 5. The van der Waals surface area contributed by atoms with Gasteiger partial charge in [-0.1, -0.05) is 25.1 Å². The van der Waals surface area contributed by atoms with Crippen LogP contribution in [0.25, 0.3) is 0 Å². The van der Waals surface area contributed by atoms with Crippen LogP contribution in [-0.4, -0.2) is 34.0 Å². The van der Waals surface area contributed by atoms with Gasteiger partial charge in [0, 0.05) is 11.8 Å². The molecule has 0 spiro atoms. The van der Waals surface area contributed by atoms with E-state index in [0.29, 0.717) is 0 Å². The van der Waals surface area contributed by atoms with Gasteiger partial charge < -0.3 is 15.5 Å². The van der Waals surface area contributed by atoms with Crippen LogP contribution in [0.15, 0.2) is 42.5 Å². The number of para-hydroxylation sites is 1. The topological polar surface area (TPSA) is 107 Å². The number of carboxylic acid groups (broad SMARTS) is 1. The van der Waals surface area contributed by atoms with Crippen LogP contribution in [0.1, 0.15) is 29.3 Å². The quantitative estimate of drug-likeness (QED) is 0.712. The third-order valence-electron chi connectivity index (χ3n) is 4.34. The molecule has 1 atom stereocenters. The van der Waals surface area contributed by atoms with Crippen LogP contribution >= 0.6 is 0 Å². The smallest absolute Gasteiger partial charge is 0.339 e. The first-order valence-corrected chi connectivity index (χ1v) is 8.20. The molecule has 1 aliphatic heterocycles. The van der Waals surface area contributed by atoms with E-state index in [1.54, 1.807) is 0 Å². The van der Waals surface area contributed by atoms with Crippen LogP contribution in [0.5, 0.6) is 5.75 Å². The number of imide groups is 1. The molecule has 2 aromatic rings. The minimum absolute atomic E-state index is 0.0155. The second-order valence-electron chi connectivity index (χ2n) is 5.99. The first-order valence-electron chi connectivity index (χ1n) is 8.20. The Morgan fingerprint density at radius 1 is 1.23 bits per heavy atom. The monoisotopic (exact) mass is 354 g/mol. The number of benzene rings is 2. The van der Waals surface area contributed by atoms with Gasteiger partial charge in [-0.3, -0.25) is 9.59 Å². The molecule has 26 heavy (non-hydrogen) atoms. The normalized spacial score (nSPS) is 16.8. The van der Waals surface area contributed by atoms with Gasteiger partial charge in [-0.25, -0.2) is 9.69 Å². The predicted molar refractivity (Wildman–Crippen MR) is 95.4 cm³/mol. The molecule has 0 aliphatic carbocycles. The van der Waals surface area contributed by atoms with Gasteiger partial charge in [0.15, 0.2) is 0 Å². The molecule has 2 aromatic carbocycles. The third kappa shape index (κ3) is 3.11. The first-order chi connectivity index (χ1) is 12.4. The Bertz CT molecular complexity index is 893. The van der Waals surface area contributed by atoms with Crippen molar-refractivity contribution in [2.45, 2.75) is 25.8 Å². The van der Waals surface area contributed by atoms with Crippen LogP contribution in [0.3, 0.4) is 0 Å². The fraction of sp³-hybridized carbons (Fsp3) is 0.211. The van der Waals surface area contributed by atoms with Gasteiger partial charge in [-0.2, -0.15) is 0 Å². The van der Waals surface area contributed by atoms with E-state index in [0.717, 1.165) is 28.6 Å². The molecule has 1 saturated heterocycles. The number of hydrogen-bond acceptors (Lipinski definition) is 5. The highest BCUT2D eigenvalue weighted by Crippen LogP contribution is 2.30. The molecule has 0 bridgehead atoms. The second-order valence-corrected chi connectivity index (χ2v) is 5.99. The molecule has 1 fully saturated rings. The lowest BCUT2D eigenvalue weighted by Crippen LogP contribution is -2.35. The largest absolute Gasteiger partial charge is 0.507 e. The van der Waals surface area contributed by atoms with Crippen molar-refractivity contribution in [3.63, 3.8) is 0 Å². The molecule has 0 radical (unpaired) electrons. The summed E-state index contributed by atoms with van der Waals surface area (Å²) < 4.78 is 0. The Balaban J connectivity index is 1.85. The van der Waals surface area contributed by atoms with Crippen molar-refractivity contribution in [1.82, 2.24) is 0 Å². The summed E-state index contributed by atoms with van der Waals surface area (Å²) in [6, 6.07) is 10.5. The van der Waals surface area contributed by atoms with E-state index in [1.165, 1.54) is 12.1 Å². The second kappa shape index (κ2) is 6.87. The molecule has 2 amide bonds. The van der Waals surface area contributed by atoms with E-state index in [4.69, 9.17) is 5.11 Å². The van der Waals surface area contributed by atoms with Crippen molar-refractivity contribution in [1.29, 1.82) is 0 Å². The summed E-state index contributed by atoms with van der Waals surface area (Å²) >= 11 is 0. The van der Waals surface area contributed by atoms with Gasteiger partial charge in [0.25, 0.3) is 5.91 Å². The standard InChI is InChI=1S/C19H18N2O5/c1-2-11-5-3-4-6-14(11)20-15-10-17(23)21(18(15)24)12-7-8-13(19(25)26)16(22)9-12/h3-9,15,20,22H,2,10H2,1H3,(H,25,26). The number of aromatic hydroxyl groups is 1. The van der Waals surface area contributed by atoms with E-state index in [1.807, 2.05) is 31.2 Å². The summed E-state index contributed by atoms with van der Waals surface area (Å²) in [6.45, 7) is 2.00. The van der Waals surface area contributed by atoms with Crippen molar-refractivity contribution in [2.75, 3.05) is 10.2 Å². The molecule has 1 aliphatic rings. The van der Waals surface area contributed by atoms with Gasteiger partial charge in [0.05, 0.1) is 12.1 Å². The van der Waals surface area contributed by atoms with E-state index in [9.17, 15) is 19.5 Å². The number of carbonyl (C=O) groups is 3. The number of nitrogens with zero attached hydrogens (tertiary/aromatic N) is 1. The van der Waals surface area contributed by atoms with Gasteiger partial charge in [0.1, 0.15) is 17.4 Å². The highest BCUT2D eigenvalue weighted by Gasteiger charge is 2.40. The molecule has 134 valence electrons. The number of carbonyl (C=O) groups excluding carboxylic acids is 2. The lowest BCUT2D eigenvalue weighted by atomic mass is 10.1. The maximum Gasteiger partial charge on any atom is 0.339 e. The summed E-state index contributed by atoms with van der Waals surface area (Å²) in [5.74, 6) is -2.64. The summed E-state index contributed by atoms with van der Waals surface area (Å²) in [6.07, 6.45) is 0.768. The Kier molecular flexibility index (Phi) is 4.62. The zero-order valence-electron chi connectivity index (χ0n) is 14.1. The Hall–Kier alpha value is -3.35. The van der Waals surface area contributed by atoms with Crippen LogP contribution in [-0.2, 0) is 16.0 Å². The highest BCUT2D eigenvalue weighted by molar-refractivity contribution is 6.23. The SMILES string of the molecule is CCc1ccccc1NC1CC(=O)N(c2ccc(C(=O)O)c(O)c2)C1=O. The zero-order chi connectivity index (χ0) is 18.8. The van der Waals surface area contributed by atoms with Crippen LogP contribution in [0, 0.1) is 0 Å². The van der Waals surface area contributed by atoms with E-state index < -0.39 is 29.6 Å². The molecule has 1 heterocycles. The lowest BCUT2D eigenvalue weighted by Gasteiger charge is -2.18. The van der Waals surface area contributed by atoms with Gasteiger partial charge in [-0.15, -0.1) is 0 Å². The van der Waals surface area contributed by atoms with Crippen molar-refractivity contribution >= 4 is 29.2 Å². The van der Waals surface area contributed by atoms with E-state index in [-0.39, 0.29) is 17.7 Å². The number of phenols is 1. The fourth-order valence-electron chi connectivity index (χ4n) is 3.01. The van der Waals surface area contributed by atoms with Crippen molar-refractivity contribution < 1.29 is 24.6 Å². The third-order valence-corrected chi connectivity index (χ3v) is 4.34. The molecule has 0 saturated carbocycles. The first kappa shape index (κ1) is 17.5. The molecule has 7 heteroatoms. The average Bonchev–Trinajstić information content (AvgIpc) is 2.88. The molecule has 3 rings (SSSR count). The number of aryl methyl sites for hydroxylation is 1. The summed E-state index contributed by atoms with van der Waals surface area (Å²) in [5, 5.41) is 21.9. The van der Waals surface area contributed by atoms with Crippen molar-refractivity contribution in [3.8, 4) is 5.75 Å². The minimum atomic E-state index is -1.29. The number of aromatic carboxylic acids is 1. The van der Waals surface area contributed by atoms with Crippen molar-refractivity contribution in [2.24, 2.45) is 0 Å². The van der Waals surface area contributed by atoms with Gasteiger partial charge in [0.2, 0.25) is 5.91 Å². The Morgan fingerprint density at radius 2 is 1.96 bits per heavy atom. The number of nitrogens with one attached hydrogen (secondary N) is 1. The number of hydrogen-bond donors (Lipinski definition) is 3. The summed E-state index contributed by atoms with van der Waals surface area (Å²) in [7, 11) is 0. The molecular formula is C19H18N2O5. The molecule has 7 nitrogen and oxygen atoms in total. The lowest BCUT2D eigenvalue weighted by molar-refractivity contribution is -0.121. The Labute approximate surface area is 149 Å². The summed E-state index contributed by atoms with van der Waals surface area (Å²) in [4.78, 5) is 37.0. The van der Waals surface area contributed by atoms with Gasteiger partial charge >= 0.3 is 5.97 Å². The minimum Gasteiger partial charge on any atom is -0.507 e. The maximum atomic E-state index is 12.7. The molecule has 1 unspecified atom stereocenters. The predicted octanol–water partition coefficient (Wildman–Crippen LogP) is 2.40. The fourth-order valence-corrected chi connectivity index (χ4v) is 3.01. The van der Waals surface area contributed by atoms with E-state index in [2.05, 4.69) is 5.32 Å².